The number of nitrogens with one attached hydrogen (secondary N) is 3. The third kappa shape index (κ3) is 3.77. The van der Waals surface area contributed by atoms with Crippen LogP contribution in [0.1, 0.15) is 33.4 Å². The Morgan fingerprint density at radius 3 is 2.73 bits per heavy atom. The molecule has 1 heterocycles. The molecule has 0 fully saturated rings. The van der Waals surface area contributed by atoms with Crippen molar-refractivity contribution in [2.24, 2.45) is 0 Å². The van der Waals surface area contributed by atoms with Crippen LogP contribution >= 0.6 is 23.8 Å². The van der Waals surface area contributed by atoms with Gasteiger partial charge in [0.05, 0.1) is 5.69 Å². The second-order valence-electron chi connectivity index (χ2n) is 4.68. The largest absolute Gasteiger partial charge is 0.331 e. The predicted molar refractivity (Wildman–Crippen MR) is 92.0 cm³/mol. The average Bonchev–Trinajstić information content (AvgIpc) is 2.93. The average molecular weight is 335 g/mol. The van der Waals surface area contributed by atoms with Gasteiger partial charge in [-0.2, -0.15) is 0 Å². The van der Waals surface area contributed by atoms with Crippen molar-refractivity contribution in [2.75, 3.05) is 5.32 Å². The summed E-state index contributed by atoms with van der Waals surface area (Å²) in [5, 5.41) is 7.25. The Morgan fingerprint density at radius 1 is 1.32 bits per heavy atom. The van der Waals surface area contributed by atoms with Gasteiger partial charge >= 0.3 is 0 Å². The van der Waals surface area contributed by atoms with E-state index in [4.69, 9.17) is 12.2 Å². The Kier molecular flexibility index (Phi) is 5.40. The van der Waals surface area contributed by atoms with E-state index >= 15 is 0 Å². The third-order valence-electron chi connectivity index (χ3n) is 3.13. The smallest absolute Gasteiger partial charge is 0.283 e. The molecule has 0 saturated heterocycles. The Balaban J connectivity index is 1.97. The summed E-state index contributed by atoms with van der Waals surface area (Å²) >= 11 is 6.26. The molecular weight excluding hydrogens is 318 g/mol. The normalized spacial score (nSPS) is 10.1. The SMILES string of the molecule is CCc1cccc(C)c1NC(=S)NNC(=O)c1snnc1C. The monoisotopic (exact) mass is 335 g/mol. The molecule has 1 aromatic carbocycles. The fourth-order valence-corrected chi connectivity index (χ4v) is 2.66. The van der Waals surface area contributed by atoms with Crippen LogP contribution in [0.15, 0.2) is 18.2 Å². The molecule has 3 N–H and O–H groups in total. The number of benzene rings is 1. The molecular formula is C14H17N5OS2. The molecule has 2 rings (SSSR count). The highest BCUT2D eigenvalue weighted by atomic mass is 32.1. The molecule has 8 heteroatoms. The minimum absolute atomic E-state index is 0.308. The highest BCUT2D eigenvalue weighted by molar-refractivity contribution is 7.80. The molecule has 0 atom stereocenters. The fraction of sp³-hybridized carbons (Fsp3) is 0.286. The second-order valence-corrected chi connectivity index (χ2v) is 5.85. The Morgan fingerprint density at radius 2 is 2.09 bits per heavy atom. The minimum Gasteiger partial charge on any atom is -0.331 e. The standard InChI is InChI=1S/C14H17N5OS2/c1-4-10-7-5-6-8(2)11(10)15-14(21)18-17-13(20)12-9(3)16-19-22-12/h5-7H,4H2,1-3H3,(H,17,20)(H2,15,18,21). The zero-order valence-corrected chi connectivity index (χ0v) is 14.2. The van der Waals surface area contributed by atoms with Crippen molar-refractivity contribution in [3.63, 3.8) is 0 Å². The number of carbonyl (C=O) groups excluding carboxylic acids is 1. The van der Waals surface area contributed by atoms with Crippen LogP contribution in [0.3, 0.4) is 0 Å². The zero-order chi connectivity index (χ0) is 16.1. The number of thiocarbonyl (C=S) groups is 1. The van der Waals surface area contributed by atoms with Crippen molar-refractivity contribution < 1.29 is 4.79 Å². The lowest BCUT2D eigenvalue weighted by atomic mass is 10.1. The van der Waals surface area contributed by atoms with Gasteiger partial charge in [0.25, 0.3) is 5.91 Å². The van der Waals surface area contributed by atoms with Crippen molar-refractivity contribution in [3.05, 3.63) is 39.9 Å². The van der Waals surface area contributed by atoms with Crippen LogP contribution in [0.4, 0.5) is 5.69 Å². The van der Waals surface area contributed by atoms with Crippen molar-refractivity contribution in [1.82, 2.24) is 20.4 Å². The van der Waals surface area contributed by atoms with E-state index in [-0.39, 0.29) is 5.91 Å². The molecule has 0 unspecified atom stereocenters. The van der Waals surface area contributed by atoms with Gasteiger partial charge in [-0.25, -0.2) is 0 Å². The van der Waals surface area contributed by atoms with Gasteiger partial charge in [-0.1, -0.05) is 29.6 Å². The van der Waals surface area contributed by atoms with E-state index in [1.54, 1.807) is 6.92 Å². The molecule has 6 nitrogen and oxygen atoms in total. The van der Waals surface area contributed by atoms with Gasteiger partial charge in [0, 0.05) is 5.69 Å². The first kappa shape index (κ1) is 16.3. The second kappa shape index (κ2) is 7.28. The number of carbonyl (C=O) groups is 1. The number of hydrogen-bond acceptors (Lipinski definition) is 5. The van der Waals surface area contributed by atoms with Gasteiger partial charge in [0.1, 0.15) is 4.88 Å². The molecule has 0 saturated carbocycles. The van der Waals surface area contributed by atoms with Crippen molar-refractivity contribution in [2.45, 2.75) is 27.2 Å². The van der Waals surface area contributed by atoms with Gasteiger partial charge in [-0.15, -0.1) is 5.10 Å². The number of nitrogens with zero attached hydrogens (tertiary/aromatic N) is 2. The number of hydrogen-bond donors (Lipinski definition) is 3. The number of anilines is 1. The van der Waals surface area contributed by atoms with Crippen molar-refractivity contribution in [3.8, 4) is 0 Å². The lowest BCUT2D eigenvalue weighted by molar-refractivity contribution is 0.0947. The number of hydrazine groups is 1. The summed E-state index contributed by atoms with van der Waals surface area (Å²) in [6.07, 6.45) is 0.894. The minimum atomic E-state index is -0.308. The van der Waals surface area contributed by atoms with Crippen molar-refractivity contribution >= 4 is 40.5 Å². The maximum atomic E-state index is 11.9. The molecule has 1 amide bonds. The van der Waals surface area contributed by atoms with Crippen LogP contribution in [-0.2, 0) is 6.42 Å². The summed E-state index contributed by atoms with van der Waals surface area (Å²) in [5.41, 5.74) is 9.06. The summed E-state index contributed by atoms with van der Waals surface area (Å²) < 4.78 is 3.73. The maximum absolute atomic E-state index is 11.9. The molecule has 0 spiro atoms. The van der Waals surface area contributed by atoms with E-state index < -0.39 is 0 Å². The topological polar surface area (TPSA) is 78.9 Å². The van der Waals surface area contributed by atoms with E-state index in [1.807, 2.05) is 25.1 Å². The van der Waals surface area contributed by atoms with Gasteiger partial charge in [0.2, 0.25) is 0 Å². The Hall–Kier alpha value is -2.06. The predicted octanol–water partition coefficient (Wildman–Crippen LogP) is 2.35. The van der Waals surface area contributed by atoms with Gasteiger partial charge in [-0.3, -0.25) is 15.6 Å². The lowest BCUT2D eigenvalue weighted by Gasteiger charge is -2.16. The third-order valence-corrected chi connectivity index (χ3v) is 4.16. The molecule has 22 heavy (non-hydrogen) atoms. The number of aryl methyl sites for hydroxylation is 3. The molecule has 0 radical (unpaired) electrons. The number of rotatable bonds is 3. The highest BCUT2D eigenvalue weighted by Gasteiger charge is 2.13. The maximum Gasteiger partial charge on any atom is 0.283 e. The highest BCUT2D eigenvalue weighted by Crippen LogP contribution is 2.20. The Bertz CT molecular complexity index is 698. The van der Waals surface area contributed by atoms with E-state index in [9.17, 15) is 4.79 Å². The first-order chi connectivity index (χ1) is 10.5. The van der Waals surface area contributed by atoms with Crippen LogP contribution in [0.2, 0.25) is 0 Å². The summed E-state index contributed by atoms with van der Waals surface area (Å²) in [4.78, 5) is 12.4. The molecule has 0 aliphatic rings. The summed E-state index contributed by atoms with van der Waals surface area (Å²) in [6.45, 7) is 5.82. The molecule has 0 bridgehead atoms. The Labute approximate surface area is 138 Å². The quantitative estimate of drug-likeness (QED) is 0.590. The first-order valence-corrected chi connectivity index (χ1v) is 7.95. The number of amides is 1. The lowest BCUT2D eigenvalue weighted by Crippen LogP contribution is -2.43. The van der Waals surface area contributed by atoms with Crippen LogP contribution in [0, 0.1) is 13.8 Å². The zero-order valence-electron chi connectivity index (χ0n) is 12.6. The first-order valence-electron chi connectivity index (χ1n) is 6.77. The molecule has 116 valence electrons. The molecule has 0 aliphatic heterocycles. The van der Waals surface area contributed by atoms with E-state index in [0.717, 1.165) is 34.8 Å². The van der Waals surface area contributed by atoms with Gasteiger partial charge in [-0.05, 0) is 55.1 Å². The van der Waals surface area contributed by atoms with Gasteiger partial charge in [0.15, 0.2) is 5.11 Å². The molecule has 2 aromatic rings. The van der Waals surface area contributed by atoms with Crippen molar-refractivity contribution in [1.29, 1.82) is 0 Å². The van der Waals surface area contributed by atoms with Crippen LogP contribution in [-0.4, -0.2) is 20.6 Å². The summed E-state index contributed by atoms with van der Waals surface area (Å²) in [6, 6.07) is 6.06. The molecule has 0 aliphatic carbocycles. The van der Waals surface area contributed by atoms with Crippen LogP contribution in [0.5, 0.6) is 0 Å². The van der Waals surface area contributed by atoms with E-state index in [1.165, 1.54) is 0 Å². The van der Waals surface area contributed by atoms with E-state index in [2.05, 4.69) is 32.7 Å². The van der Waals surface area contributed by atoms with Gasteiger partial charge < -0.3 is 5.32 Å². The number of para-hydroxylation sites is 1. The number of aromatic nitrogens is 2. The van der Waals surface area contributed by atoms with Crippen LogP contribution in [0.25, 0.3) is 0 Å². The molecule has 1 aromatic heterocycles. The fourth-order valence-electron chi connectivity index (χ4n) is 1.96. The summed E-state index contributed by atoms with van der Waals surface area (Å²) in [7, 11) is 0. The van der Waals surface area contributed by atoms with Crippen LogP contribution < -0.4 is 16.2 Å². The van der Waals surface area contributed by atoms with E-state index in [0.29, 0.717) is 15.7 Å². The summed E-state index contributed by atoms with van der Waals surface area (Å²) in [5.74, 6) is -0.308.